The standard InChI is InChI=1S/C11H14N4OS/c1-12-6-2-3-10-14-15-11(17-10)8-4-5-9(16)13-7-8/h4-5,7,12H,2-3,6H2,1H3,(H,13,16). The van der Waals surface area contributed by atoms with Gasteiger partial charge >= 0.3 is 0 Å². The van der Waals surface area contributed by atoms with Crippen LogP contribution >= 0.6 is 11.3 Å². The van der Waals surface area contributed by atoms with Crippen LogP contribution in [-0.4, -0.2) is 28.8 Å². The number of nitrogens with one attached hydrogen (secondary N) is 2. The maximum Gasteiger partial charge on any atom is 0.247 e. The number of aromatic nitrogens is 3. The number of H-pyrrole nitrogens is 1. The molecule has 0 unspecified atom stereocenters. The first kappa shape index (κ1) is 11.9. The van der Waals surface area contributed by atoms with Gasteiger partial charge in [-0.05, 0) is 26.1 Å². The summed E-state index contributed by atoms with van der Waals surface area (Å²) >= 11 is 1.57. The van der Waals surface area contributed by atoms with Crippen LogP contribution in [0.4, 0.5) is 0 Å². The van der Waals surface area contributed by atoms with Crippen LogP contribution in [0.2, 0.25) is 0 Å². The quantitative estimate of drug-likeness (QED) is 0.778. The minimum absolute atomic E-state index is 0.104. The van der Waals surface area contributed by atoms with Gasteiger partial charge in [-0.3, -0.25) is 4.79 Å². The Kier molecular flexibility index (Phi) is 4.00. The second-order valence-corrected chi connectivity index (χ2v) is 4.71. The summed E-state index contributed by atoms with van der Waals surface area (Å²) in [5.41, 5.74) is 0.800. The largest absolute Gasteiger partial charge is 0.328 e. The summed E-state index contributed by atoms with van der Waals surface area (Å²) in [4.78, 5) is 13.6. The minimum atomic E-state index is -0.104. The van der Waals surface area contributed by atoms with E-state index in [0.717, 1.165) is 35.0 Å². The van der Waals surface area contributed by atoms with Gasteiger partial charge in [-0.25, -0.2) is 0 Å². The van der Waals surface area contributed by atoms with E-state index in [9.17, 15) is 4.79 Å². The van der Waals surface area contributed by atoms with E-state index in [-0.39, 0.29) is 5.56 Å². The van der Waals surface area contributed by atoms with E-state index in [0.29, 0.717) is 0 Å². The minimum Gasteiger partial charge on any atom is -0.328 e. The van der Waals surface area contributed by atoms with E-state index in [2.05, 4.69) is 20.5 Å². The SMILES string of the molecule is CNCCCc1nnc(-c2ccc(=O)[nH]c2)s1. The van der Waals surface area contributed by atoms with Crippen LogP contribution in [0.25, 0.3) is 10.6 Å². The van der Waals surface area contributed by atoms with Crippen LogP contribution in [0.3, 0.4) is 0 Å². The highest BCUT2D eigenvalue weighted by Crippen LogP contribution is 2.22. The fourth-order valence-electron chi connectivity index (χ4n) is 1.43. The molecule has 0 bridgehead atoms. The molecule has 0 spiro atoms. The molecular formula is C11H14N4OS. The van der Waals surface area contributed by atoms with Crippen molar-refractivity contribution in [3.05, 3.63) is 33.7 Å². The van der Waals surface area contributed by atoms with E-state index in [1.54, 1.807) is 23.6 Å². The lowest BCUT2D eigenvalue weighted by Gasteiger charge is -1.94. The molecule has 0 saturated carbocycles. The van der Waals surface area contributed by atoms with Gasteiger partial charge in [0.25, 0.3) is 0 Å². The molecule has 0 aliphatic rings. The number of hydrogen-bond donors (Lipinski definition) is 2. The Balaban J connectivity index is 2.07. The van der Waals surface area contributed by atoms with Gasteiger partial charge in [0, 0.05) is 24.2 Å². The van der Waals surface area contributed by atoms with Gasteiger partial charge in [0.15, 0.2) is 0 Å². The third-order valence-corrected chi connectivity index (χ3v) is 3.35. The molecule has 0 amide bonds. The number of aryl methyl sites for hydroxylation is 1. The van der Waals surface area contributed by atoms with E-state index in [4.69, 9.17) is 0 Å². The van der Waals surface area contributed by atoms with Crippen LogP contribution < -0.4 is 10.9 Å². The zero-order valence-electron chi connectivity index (χ0n) is 9.56. The van der Waals surface area contributed by atoms with Crippen LogP contribution in [0.1, 0.15) is 11.4 Å². The number of nitrogens with zero attached hydrogens (tertiary/aromatic N) is 2. The third-order valence-electron chi connectivity index (χ3n) is 2.32. The average molecular weight is 250 g/mol. The van der Waals surface area contributed by atoms with Gasteiger partial charge in [0.2, 0.25) is 5.56 Å². The van der Waals surface area contributed by atoms with Crippen LogP contribution in [-0.2, 0) is 6.42 Å². The highest BCUT2D eigenvalue weighted by Gasteiger charge is 2.06. The predicted octanol–water partition coefficient (Wildman–Crippen LogP) is 1.05. The molecule has 0 aliphatic heterocycles. The first-order valence-electron chi connectivity index (χ1n) is 5.45. The molecule has 17 heavy (non-hydrogen) atoms. The number of hydrogen-bond acceptors (Lipinski definition) is 5. The van der Waals surface area contributed by atoms with Gasteiger partial charge in [0.05, 0.1) is 0 Å². The maximum absolute atomic E-state index is 10.9. The molecule has 6 heteroatoms. The van der Waals surface area contributed by atoms with Crippen LogP contribution in [0, 0.1) is 0 Å². The van der Waals surface area contributed by atoms with Gasteiger partial charge in [-0.1, -0.05) is 11.3 Å². The summed E-state index contributed by atoms with van der Waals surface area (Å²) in [6, 6.07) is 3.26. The second kappa shape index (κ2) is 5.70. The Bertz CT molecular complexity index is 514. The Labute approximate surface area is 103 Å². The summed E-state index contributed by atoms with van der Waals surface area (Å²) in [5, 5.41) is 13.2. The average Bonchev–Trinajstić information content (AvgIpc) is 2.79. The zero-order valence-corrected chi connectivity index (χ0v) is 10.4. The molecule has 5 nitrogen and oxygen atoms in total. The normalized spacial score (nSPS) is 10.6. The number of rotatable bonds is 5. The molecule has 90 valence electrons. The van der Waals surface area contributed by atoms with Gasteiger partial charge in [-0.2, -0.15) is 0 Å². The Morgan fingerprint density at radius 2 is 2.29 bits per heavy atom. The Morgan fingerprint density at radius 3 is 3.00 bits per heavy atom. The van der Waals surface area contributed by atoms with Crippen LogP contribution in [0.15, 0.2) is 23.1 Å². The van der Waals surface area contributed by atoms with Gasteiger partial charge in [-0.15, -0.1) is 10.2 Å². The highest BCUT2D eigenvalue weighted by atomic mass is 32.1. The summed E-state index contributed by atoms with van der Waals surface area (Å²) < 4.78 is 0. The third kappa shape index (κ3) is 3.21. The van der Waals surface area contributed by atoms with E-state index in [1.165, 1.54) is 6.07 Å². The van der Waals surface area contributed by atoms with Gasteiger partial charge < -0.3 is 10.3 Å². The molecule has 0 aromatic carbocycles. The topological polar surface area (TPSA) is 70.7 Å². The van der Waals surface area contributed by atoms with E-state index < -0.39 is 0 Å². The molecule has 0 saturated heterocycles. The van der Waals surface area contributed by atoms with E-state index in [1.807, 2.05) is 7.05 Å². The van der Waals surface area contributed by atoms with Crippen molar-refractivity contribution in [2.24, 2.45) is 0 Å². The molecule has 2 N–H and O–H groups in total. The Hall–Kier alpha value is -1.53. The number of pyridine rings is 1. The molecule has 2 heterocycles. The molecule has 0 fully saturated rings. The van der Waals surface area contributed by atoms with Crippen molar-refractivity contribution in [2.45, 2.75) is 12.8 Å². The monoisotopic (exact) mass is 250 g/mol. The smallest absolute Gasteiger partial charge is 0.247 e. The summed E-state index contributed by atoms with van der Waals surface area (Å²) in [6.07, 6.45) is 3.65. The van der Waals surface area contributed by atoms with Crippen molar-refractivity contribution in [1.29, 1.82) is 0 Å². The first-order valence-corrected chi connectivity index (χ1v) is 6.27. The number of aromatic amines is 1. The van der Waals surface area contributed by atoms with Crippen molar-refractivity contribution >= 4 is 11.3 Å². The Morgan fingerprint density at radius 1 is 1.41 bits per heavy atom. The summed E-state index contributed by atoms with van der Waals surface area (Å²) in [7, 11) is 1.94. The summed E-state index contributed by atoms with van der Waals surface area (Å²) in [6.45, 7) is 0.980. The van der Waals surface area contributed by atoms with Crippen molar-refractivity contribution < 1.29 is 0 Å². The molecule has 2 rings (SSSR count). The molecule has 0 aliphatic carbocycles. The van der Waals surface area contributed by atoms with Crippen molar-refractivity contribution in [1.82, 2.24) is 20.5 Å². The molecule has 0 radical (unpaired) electrons. The second-order valence-electron chi connectivity index (χ2n) is 3.65. The van der Waals surface area contributed by atoms with Crippen molar-refractivity contribution in [3.63, 3.8) is 0 Å². The zero-order chi connectivity index (χ0) is 12.1. The molecule has 2 aromatic heterocycles. The predicted molar refractivity (Wildman–Crippen MR) is 68.2 cm³/mol. The fourth-order valence-corrected chi connectivity index (χ4v) is 2.31. The van der Waals surface area contributed by atoms with Crippen molar-refractivity contribution in [3.8, 4) is 10.6 Å². The summed E-state index contributed by atoms with van der Waals surface area (Å²) in [5.74, 6) is 0. The van der Waals surface area contributed by atoms with E-state index >= 15 is 0 Å². The highest BCUT2D eigenvalue weighted by molar-refractivity contribution is 7.14. The van der Waals surface area contributed by atoms with Gasteiger partial charge in [0.1, 0.15) is 10.0 Å². The maximum atomic E-state index is 10.9. The lowest BCUT2D eigenvalue weighted by atomic mass is 10.3. The lowest BCUT2D eigenvalue weighted by molar-refractivity contribution is 0.718. The lowest BCUT2D eigenvalue weighted by Crippen LogP contribution is -2.08. The van der Waals surface area contributed by atoms with Crippen molar-refractivity contribution in [2.75, 3.05) is 13.6 Å². The fraction of sp³-hybridized carbons (Fsp3) is 0.364. The van der Waals surface area contributed by atoms with Crippen LogP contribution in [0.5, 0.6) is 0 Å². The molecular weight excluding hydrogens is 236 g/mol. The molecule has 2 aromatic rings. The molecule has 0 atom stereocenters. The first-order chi connectivity index (χ1) is 8.29.